The first-order chi connectivity index (χ1) is 18.5. The number of imidazole rings is 1. The number of likely N-dealkylation sites (tertiary alicyclic amines) is 1. The van der Waals surface area contributed by atoms with E-state index in [2.05, 4.69) is 32.2 Å². The monoisotopic (exact) mass is 540 g/mol. The van der Waals surface area contributed by atoms with E-state index in [0.29, 0.717) is 28.2 Å². The first kappa shape index (κ1) is 28.2. The molecule has 0 unspecified atom stereocenters. The molecule has 1 aromatic carbocycles. The van der Waals surface area contributed by atoms with Gasteiger partial charge in [-0.3, -0.25) is 0 Å². The number of aryl methyl sites for hydroxylation is 3. The van der Waals surface area contributed by atoms with E-state index < -0.39 is 24.1 Å². The van der Waals surface area contributed by atoms with Crippen molar-refractivity contribution in [3.63, 3.8) is 0 Å². The number of carboxylic acid groups (broad SMARTS) is 2. The first-order valence-electron chi connectivity index (χ1n) is 13.1. The first-order valence-corrected chi connectivity index (χ1v) is 13.1. The number of nitrogens with zero attached hydrogens (tertiary/aromatic N) is 5. The number of aliphatic carboxylic acids is 2. The summed E-state index contributed by atoms with van der Waals surface area (Å²) < 4.78 is 1.15. The fraction of sp³-hybridized carbons (Fsp3) is 0.519. The van der Waals surface area contributed by atoms with Crippen molar-refractivity contribution in [2.24, 2.45) is 5.92 Å². The molecule has 3 aromatic rings. The molecule has 0 spiro atoms. The third-order valence-electron chi connectivity index (χ3n) is 7.19. The summed E-state index contributed by atoms with van der Waals surface area (Å²) in [6.07, 6.45) is 1.84. The Morgan fingerprint density at radius 3 is 2.49 bits per heavy atom. The fourth-order valence-electron chi connectivity index (χ4n) is 4.97. The Balaban J connectivity index is 1.58. The van der Waals surface area contributed by atoms with Gasteiger partial charge in [0.1, 0.15) is 5.52 Å². The van der Waals surface area contributed by atoms with Gasteiger partial charge in [0.05, 0.1) is 16.8 Å². The zero-order chi connectivity index (χ0) is 28.3. The van der Waals surface area contributed by atoms with Crippen LogP contribution in [0.4, 0.5) is 5.95 Å². The van der Waals surface area contributed by atoms with Crippen molar-refractivity contribution >= 4 is 28.9 Å². The van der Waals surface area contributed by atoms with Crippen LogP contribution in [0, 0.1) is 26.7 Å². The number of aliphatic hydroxyl groups is 1. The van der Waals surface area contributed by atoms with Gasteiger partial charge >= 0.3 is 11.9 Å². The van der Waals surface area contributed by atoms with E-state index in [1.165, 1.54) is 12.8 Å². The Morgan fingerprint density at radius 1 is 1.13 bits per heavy atom. The second-order valence-electron chi connectivity index (χ2n) is 10.3. The van der Waals surface area contributed by atoms with Crippen LogP contribution in [-0.2, 0) is 9.59 Å². The predicted octanol–water partition coefficient (Wildman–Crippen LogP) is 2.28. The molecule has 39 heavy (non-hydrogen) atoms. The Labute approximate surface area is 226 Å². The van der Waals surface area contributed by atoms with Gasteiger partial charge in [-0.1, -0.05) is 6.07 Å². The lowest BCUT2D eigenvalue weighted by atomic mass is 9.92. The molecule has 0 saturated carbocycles. The molecule has 210 valence electrons. The zero-order valence-electron chi connectivity index (χ0n) is 22.7. The topological polar surface area (TPSA) is 163 Å². The third kappa shape index (κ3) is 6.45. The molecule has 4 N–H and O–H groups in total. The molecule has 1 aliphatic rings. The molecule has 1 saturated heterocycles. The van der Waals surface area contributed by atoms with E-state index in [0.717, 1.165) is 54.3 Å². The summed E-state index contributed by atoms with van der Waals surface area (Å²) in [7, 11) is 2.16. The van der Waals surface area contributed by atoms with Gasteiger partial charge in [0.2, 0.25) is 12.1 Å². The van der Waals surface area contributed by atoms with Crippen LogP contribution in [0.25, 0.3) is 22.4 Å². The van der Waals surface area contributed by atoms with Crippen LogP contribution >= 0.6 is 0 Å². The van der Waals surface area contributed by atoms with Gasteiger partial charge in [-0.2, -0.15) is 4.73 Å². The Kier molecular flexibility index (Phi) is 8.66. The number of hydrogen-bond donors (Lipinski definition) is 4. The summed E-state index contributed by atoms with van der Waals surface area (Å²) in [4.78, 5) is 44.9. The summed E-state index contributed by atoms with van der Waals surface area (Å²) in [5.41, 5.74) is 3.72. The van der Waals surface area contributed by atoms with E-state index >= 15 is 0 Å². The summed E-state index contributed by atoms with van der Waals surface area (Å²) in [5, 5.41) is 32.1. The Hall–Kier alpha value is -3.77. The lowest BCUT2D eigenvalue weighted by molar-refractivity contribution is -0.170. The average molecular weight is 541 g/mol. The molecule has 0 bridgehead atoms. The molecule has 2 atom stereocenters. The number of anilines is 1. The number of nitrogens with one attached hydrogen (secondary N) is 1. The number of carbonyl (C=O) groups is 2. The van der Waals surface area contributed by atoms with Gasteiger partial charge < -0.3 is 30.4 Å². The van der Waals surface area contributed by atoms with Gasteiger partial charge in [-0.15, -0.1) is 0 Å². The van der Waals surface area contributed by atoms with Crippen molar-refractivity contribution in [3.8, 4) is 11.4 Å². The second-order valence-corrected chi connectivity index (χ2v) is 10.3. The van der Waals surface area contributed by atoms with Crippen molar-refractivity contribution in [2.45, 2.75) is 58.7 Å². The largest absolute Gasteiger partial charge is 0.479 e. The highest BCUT2D eigenvalue weighted by molar-refractivity contribution is 5.85. The molecular weight excluding hydrogens is 504 g/mol. The smallest absolute Gasteiger partial charge is 0.351 e. The van der Waals surface area contributed by atoms with Crippen LogP contribution in [0.2, 0.25) is 0 Å². The lowest BCUT2D eigenvalue weighted by Gasteiger charge is -2.28. The Morgan fingerprint density at radius 2 is 1.85 bits per heavy atom. The van der Waals surface area contributed by atoms with Gasteiger partial charge in [-0.05, 0) is 89.7 Å². The van der Waals surface area contributed by atoms with E-state index in [9.17, 15) is 24.9 Å². The molecule has 0 amide bonds. The standard InChI is InChI=1S/C27H36N6O6/c1-15-12-16(2)21-20(13-15)33(39-23(26(37)38)22(34)25(35)36)24(31-21)19-14-29-27(30-17(19)3)28-9-5-6-18-7-10-32(4)11-8-18/h12-14,18,22-23,34H,5-11H2,1-4H3,(H,35,36)(H,37,38)(H,28,29,30)/t22-,23-/m1/s1. The van der Waals surface area contributed by atoms with E-state index in [1.807, 2.05) is 19.9 Å². The Bertz CT molecular complexity index is 1350. The molecule has 2 aromatic heterocycles. The van der Waals surface area contributed by atoms with Gasteiger partial charge in [-0.25, -0.2) is 24.5 Å². The van der Waals surface area contributed by atoms with E-state index in [4.69, 9.17) is 4.84 Å². The number of carboxylic acids is 2. The molecule has 1 fully saturated rings. The molecule has 1 aliphatic heterocycles. The quantitative estimate of drug-likeness (QED) is 0.264. The molecule has 0 radical (unpaired) electrons. The van der Waals surface area contributed by atoms with E-state index in [-0.39, 0.29) is 5.82 Å². The minimum absolute atomic E-state index is 0.203. The summed E-state index contributed by atoms with van der Waals surface area (Å²) >= 11 is 0. The maximum atomic E-state index is 11.8. The molecule has 3 heterocycles. The number of hydrogen-bond acceptors (Lipinski definition) is 9. The minimum atomic E-state index is -2.29. The predicted molar refractivity (Wildman–Crippen MR) is 145 cm³/mol. The number of benzene rings is 1. The lowest BCUT2D eigenvalue weighted by Crippen LogP contribution is -2.46. The van der Waals surface area contributed by atoms with Crippen LogP contribution in [0.5, 0.6) is 0 Å². The molecule has 12 heteroatoms. The number of piperidine rings is 1. The minimum Gasteiger partial charge on any atom is -0.479 e. The zero-order valence-corrected chi connectivity index (χ0v) is 22.7. The van der Waals surface area contributed by atoms with Gasteiger partial charge in [0.25, 0.3) is 6.10 Å². The highest BCUT2D eigenvalue weighted by Gasteiger charge is 2.36. The van der Waals surface area contributed by atoms with Crippen LogP contribution < -0.4 is 10.2 Å². The van der Waals surface area contributed by atoms with Gasteiger partial charge in [0, 0.05) is 12.7 Å². The van der Waals surface area contributed by atoms with Crippen molar-refractivity contribution in [1.29, 1.82) is 0 Å². The van der Waals surface area contributed by atoms with Crippen LogP contribution in [-0.4, -0.2) is 90.7 Å². The maximum absolute atomic E-state index is 11.8. The van der Waals surface area contributed by atoms with Crippen molar-refractivity contribution < 1.29 is 29.7 Å². The normalized spacial score (nSPS) is 16.2. The van der Waals surface area contributed by atoms with Crippen molar-refractivity contribution in [1.82, 2.24) is 24.6 Å². The number of fused-ring (bicyclic) bond motifs is 1. The molecular formula is C27H36N6O6. The summed E-state index contributed by atoms with van der Waals surface area (Å²) in [6.45, 7) is 8.56. The van der Waals surface area contributed by atoms with Crippen LogP contribution in [0.1, 0.15) is 42.5 Å². The highest BCUT2D eigenvalue weighted by atomic mass is 16.7. The third-order valence-corrected chi connectivity index (χ3v) is 7.19. The molecule has 12 nitrogen and oxygen atoms in total. The highest BCUT2D eigenvalue weighted by Crippen LogP contribution is 2.29. The fourth-order valence-corrected chi connectivity index (χ4v) is 4.97. The van der Waals surface area contributed by atoms with Crippen LogP contribution in [0.15, 0.2) is 18.3 Å². The maximum Gasteiger partial charge on any atom is 0.351 e. The van der Waals surface area contributed by atoms with Gasteiger partial charge in [0.15, 0.2) is 5.82 Å². The summed E-state index contributed by atoms with van der Waals surface area (Å²) in [5.74, 6) is -1.92. The number of aromatic nitrogens is 4. The molecule has 0 aliphatic carbocycles. The number of rotatable bonds is 11. The van der Waals surface area contributed by atoms with Crippen molar-refractivity contribution in [3.05, 3.63) is 35.2 Å². The SMILES string of the molecule is Cc1cc(C)c2nc(-c3cnc(NCCCC4CCN(C)CC4)nc3C)n(O[C@@H](C(=O)O)[C@@H](O)C(=O)O)c2c1. The van der Waals surface area contributed by atoms with Crippen LogP contribution in [0.3, 0.4) is 0 Å². The average Bonchev–Trinajstić information content (AvgIpc) is 3.23. The molecule has 4 rings (SSSR count). The van der Waals surface area contributed by atoms with E-state index in [1.54, 1.807) is 19.2 Å². The van der Waals surface area contributed by atoms with Crippen molar-refractivity contribution in [2.75, 3.05) is 32.0 Å². The second kappa shape index (κ2) is 12.0. The number of aliphatic hydroxyl groups excluding tert-OH is 1. The summed E-state index contributed by atoms with van der Waals surface area (Å²) in [6, 6.07) is 3.67.